The first kappa shape index (κ1) is 24.0. The third-order valence-electron chi connectivity index (χ3n) is 5.15. The Morgan fingerprint density at radius 3 is 2.66 bits per heavy atom. The summed E-state index contributed by atoms with van der Waals surface area (Å²) in [5, 5.41) is 13.1. The molecular weight excluding hydrogens is 463 g/mol. The molecule has 0 radical (unpaired) electrons. The lowest BCUT2D eigenvalue weighted by atomic mass is 10.2. The van der Waals surface area contributed by atoms with E-state index in [0.717, 1.165) is 4.68 Å². The summed E-state index contributed by atoms with van der Waals surface area (Å²) in [6, 6.07) is 13.7. The van der Waals surface area contributed by atoms with E-state index >= 15 is 0 Å². The van der Waals surface area contributed by atoms with Gasteiger partial charge in [-0.2, -0.15) is 23.4 Å². The number of nitrogens with zero attached hydrogens (tertiary/aromatic N) is 4. The summed E-state index contributed by atoms with van der Waals surface area (Å²) < 4.78 is 46.6. The van der Waals surface area contributed by atoms with E-state index in [4.69, 9.17) is 10.5 Å². The number of rotatable bonds is 7. The Balaban J connectivity index is 1.68. The quantitative estimate of drug-likeness (QED) is 0.367. The molecule has 0 spiro atoms. The average molecular weight is 485 g/mol. The average Bonchev–Trinajstić information content (AvgIpc) is 3.51. The fourth-order valence-corrected chi connectivity index (χ4v) is 3.38. The molecule has 4 rings (SSSR count). The fourth-order valence-electron chi connectivity index (χ4n) is 3.38. The minimum Gasteiger partial charge on any atom is -0.496 e. The largest absolute Gasteiger partial charge is 0.496 e. The van der Waals surface area contributed by atoms with Crippen molar-refractivity contribution in [3.63, 3.8) is 0 Å². The number of H-pyrrole nitrogens is 1. The smallest absolute Gasteiger partial charge is 0.435 e. The molecule has 2 aromatic heterocycles. The molecule has 9 nitrogen and oxygen atoms in total. The van der Waals surface area contributed by atoms with Crippen LogP contribution in [0.25, 0.3) is 17.1 Å². The molecule has 0 bridgehead atoms. The number of alkyl halides is 3. The molecule has 0 saturated heterocycles. The van der Waals surface area contributed by atoms with E-state index in [1.165, 1.54) is 19.2 Å². The van der Waals surface area contributed by atoms with Gasteiger partial charge in [-0.05, 0) is 25.1 Å². The number of methoxy groups -OCH3 is 1. The van der Waals surface area contributed by atoms with E-state index in [2.05, 4.69) is 25.6 Å². The summed E-state index contributed by atoms with van der Waals surface area (Å²) in [6.07, 6.45) is -4.74. The molecule has 4 aromatic rings. The Labute approximate surface area is 198 Å². The second kappa shape index (κ2) is 9.58. The number of halogens is 3. The van der Waals surface area contributed by atoms with Crippen LogP contribution >= 0.6 is 0 Å². The number of benzene rings is 2. The molecule has 4 N–H and O–H groups in total. The number of aromatic nitrogens is 5. The number of hydrogen-bond donors (Lipinski definition) is 3. The molecule has 1 atom stereocenters. The van der Waals surface area contributed by atoms with Crippen LogP contribution in [0, 0.1) is 0 Å². The molecule has 0 aliphatic carbocycles. The van der Waals surface area contributed by atoms with Gasteiger partial charge in [-0.3, -0.25) is 9.89 Å². The van der Waals surface area contributed by atoms with Crippen molar-refractivity contribution in [1.29, 1.82) is 0 Å². The number of hydrogen-bond acceptors (Lipinski definition) is 6. The molecule has 0 aliphatic rings. The van der Waals surface area contributed by atoms with Crippen LogP contribution in [-0.2, 0) is 12.7 Å². The van der Waals surface area contributed by atoms with Crippen LogP contribution in [0.5, 0.6) is 5.75 Å². The standard InChI is InChI=1S/C23H22F3N7O2/c1-13(27)20-29-21(31-30-20)14-7-5-8-16(10-14)33-17(11-19(32-33)23(24,25)26)22(34)28-12-15-6-3-4-9-18(15)35-2/h3-11,13H,12,27H2,1-2H3,(H,28,34)(H,29,30,31)/t13-/m0/s1. The van der Waals surface area contributed by atoms with Crippen molar-refractivity contribution in [3.05, 3.63) is 77.4 Å². The summed E-state index contributed by atoms with van der Waals surface area (Å²) in [4.78, 5) is 17.3. The van der Waals surface area contributed by atoms with E-state index in [1.54, 1.807) is 43.3 Å². The number of amides is 1. The highest BCUT2D eigenvalue weighted by atomic mass is 19.4. The fraction of sp³-hybridized carbons (Fsp3) is 0.217. The van der Waals surface area contributed by atoms with Crippen LogP contribution in [0.3, 0.4) is 0 Å². The van der Waals surface area contributed by atoms with Crippen molar-refractivity contribution < 1.29 is 22.7 Å². The van der Waals surface area contributed by atoms with Gasteiger partial charge >= 0.3 is 6.18 Å². The van der Waals surface area contributed by atoms with Crippen LogP contribution in [0.4, 0.5) is 13.2 Å². The van der Waals surface area contributed by atoms with Gasteiger partial charge in [-0.15, -0.1) is 0 Å². The van der Waals surface area contributed by atoms with E-state index in [1.807, 2.05) is 0 Å². The van der Waals surface area contributed by atoms with E-state index in [-0.39, 0.29) is 24.0 Å². The Bertz CT molecular complexity index is 1340. The molecule has 2 aromatic carbocycles. The maximum absolute atomic E-state index is 13.5. The lowest BCUT2D eigenvalue weighted by molar-refractivity contribution is -0.141. The summed E-state index contributed by atoms with van der Waals surface area (Å²) in [7, 11) is 1.49. The summed E-state index contributed by atoms with van der Waals surface area (Å²) in [5.74, 6) is 0.578. The highest BCUT2D eigenvalue weighted by molar-refractivity contribution is 5.93. The Morgan fingerprint density at radius 2 is 1.97 bits per heavy atom. The Kier molecular flexibility index (Phi) is 6.56. The third-order valence-corrected chi connectivity index (χ3v) is 5.15. The monoisotopic (exact) mass is 485 g/mol. The molecule has 0 fully saturated rings. The van der Waals surface area contributed by atoms with Crippen LogP contribution in [0.15, 0.2) is 54.6 Å². The van der Waals surface area contributed by atoms with Crippen LogP contribution < -0.4 is 15.8 Å². The normalized spacial score (nSPS) is 12.4. The molecule has 2 heterocycles. The summed E-state index contributed by atoms with van der Waals surface area (Å²) in [5.41, 5.74) is 5.74. The molecular formula is C23H22F3N7O2. The first-order valence-electron chi connectivity index (χ1n) is 10.5. The van der Waals surface area contributed by atoms with Gasteiger partial charge in [0.05, 0.1) is 18.8 Å². The van der Waals surface area contributed by atoms with Gasteiger partial charge in [0.15, 0.2) is 11.5 Å². The van der Waals surface area contributed by atoms with Crippen LogP contribution in [0.2, 0.25) is 0 Å². The zero-order chi connectivity index (χ0) is 25.2. The predicted molar refractivity (Wildman–Crippen MR) is 121 cm³/mol. The number of carbonyl (C=O) groups is 1. The maximum atomic E-state index is 13.5. The SMILES string of the molecule is COc1ccccc1CNC(=O)c1cc(C(F)(F)F)nn1-c1cccc(-c2n[nH]c([C@H](C)N)n2)c1. The second-order valence-corrected chi connectivity index (χ2v) is 7.70. The van der Waals surface area contributed by atoms with Crippen molar-refractivity contribution in [3.8, 4) is 22.8 Å². The number of carbonyl (C=O) groups excluding carboxylic acids is 1. The van der Waals surface area contributed by atoms with Crippen molar-refractivity contribution in [2.75, 3.05) is 7.11 Å². The molecule has 0 saturated carbocycles. The first-order chi connectivity index (χ1) is 16.7. The van der Waals surface area contributed by atoms with Crippen molar-refractivity contribution in [1.82, 2.24) is 30.3 Å². The van der Waals surface area contributed by atoms with Gasteiger partial charge < -0.3 is 15.8 Å². The number of nitrogens with one attached hydrogen (secondary N) is 2. The predicted octanol–water partition coefficient (Wildman–Crippen LogP) is 3.63. The Morgan fingerprint density at radius 1 is 1.20 bits per heavy atom. The molecule has 35 heavy (non-hydrogen) atoms. The first-order valence-corrected chi connectivity index (χ1v) is 10.5. The molecule has 12 heteroatoms. The number of aromatic amines is 1. The lowest BCUT2D eigenvalue weighted by Gasteiger charge is -2.11. The van der Waals surface area contributed by atoms with Gasteiger partial charge in [0.2, 0.25) is 0 Å². The molecule has 1 amide bonds. The highest BCUT2D eigenvalue weighted by Crippen LogP contribution is 2.30. The van der Waals surface area contributed by atoms with Crippen LogP contribution in [-0.4, -0.2) is 38.0 Å². The van der Waals surface area contributed by atoms with Gasteiger partial charge in [0.25, 0.3) is 5.91 Å². The third kappa shape index (κ3) is 5.17. The number of nitrogens with two attached hydrogens (primary N) is 1. The highest BCUT2D eigenvalue weighted by Gasteiger charge is 2.36. The minimum absolute atomic E-state index is 0.0483. The van der Waals surface area contributed by atoms with Gasteiger partial charge in [0, 0.05) is 23.7 Å². The number of para-hydroxylation sites is 1. The maximum Gasteiger partial charge on any atom is 0.435 e. The number of ether oxygens (including phenoxy) is 1. The van der Waals surface area contributed by atoms with E-state index in [9.17, 15) is 18.0 Å². The van der Waals surface area contributed by atoms with Crippen molar-refractivity contribution >= 4 is 5.91 Å². The Hall–Kier alpha value is -4.19. The van der Waals surface area contributed by atoms with Gasteiger partial charge in [0.1, 0.15) is 17.3 Å². The minimum atomic E-state index is -4.74. The molecule has 0 unspecified atom stereocenters. The second-order valence-electron chi connectivity index (χ2n) is 7.70. The van der Waals surface area contributed by atoms with E-state index < -0.39 is 17.8 Å². The van der Waals surface area contributed by atoms with Crippen molar-refractivity contribution in [2.24, 2.45) is 5.73 Å². The van der Waals surface area contributed by atoms with E-state index in [0.29, 0.717) is 34.6 Å². The van der Waals surface area contributed by atoms with Crippen LogP contribution in [0.1, 0.15) is 40.5 Å². The molecule has 182 valence electrons. The topological polar surface area (TPSA) is 124 Å². The van der Waals surface area contributed by atoms with Gasteiger partial charge in [-0.25, -0.2) is 9.67 Å². The molecule has 0 aliphatic heterocycles. The zero-order valence-electron chi connectivity index (χ0n) is 18.8. The van der Waals surface area contributed by atoms with Gasteiger partial charge in [-0.1, -0.05) is 30.3 Å². The zero-order valence-corrected chi connectivity index (χ0v) is 18.8. The summed E-state index contributed by atoms with van der Waals surface area (Å²) >= 11 is 0. The summed E-state index contributed by atoms with van der Waals surface area (Å²) in [6.45, 7) is 1.78. The van der Waals surface area contributed by atoms with Crippen molar-refractivity contribution in [2.45, 2.75) is 25.7 Å². The lowest BCUT2D eigenvalue weighted by Crippen LogP contribution is -2.25.